The molecule has 23 nitrogen and oxygen atoms in total. The number of ether oxygens (including phenoxy) is 2. The molecule has 0 saturated carbocycles. The van der Waals surface area contributed by atoms with Crippen LogP contribution in [0.4, 0.5) is 11.5 Å². The largest absolute Gasteiger partial charge is 0.472 e. The number of nitrogens with two attached hydrogens (primary N) is 1. The van der Waals surface area contributed by atoms with Crippen LogP contribution >= 0.6 is 15.6 Å². The normalized spacial score (nSPS) is 37.0. The van der Waals surface area contributed by atoms with Crippen LogP contribution in [0.3, 0.4) is 0 Å². The molecule has 0 aliphatic carbocycles. The highest BCUT2D eigenvalue weighted by Gasteiger charge is 2.54. The first-order chi connectivity index (χ1) is 21.8. The summed E-state index contributed by atoms with van der Waals surface area (Å²) in [5, 5.41) is 41.3. The van der Waals surface area contributed by atoms with Crippen molar-refractivity contribution in [2.24, 2.45) is 0 Å². The van der Waals surface area contributed by atoms with Gasteiger partial charge in [0, 0.05) is 6.07 Å². The van der Waals surface area contributed by atoms with Crippen LogP contribution in [0, 0.1) is 10.1 Å². The molecule has 4 aromatic rings. The van der Waals surface area contributed by atoms with Crippen LogP contribution in [0.5, 0.6) is 0 Å². The van der Waals surface area contributed by atoms with E-state index in [1.807, 2.05) is 0 Å². The number of nitro benzene ring substituents is 1. The number of hydrogen-bond donors (Lipinski definition) is 5. The SMILES string of the molecule is Nc1ncnc2c1ncn2[C@@H]1O[C@@H]2COP(=O)(O)O[C@@H]3[C@H](O)[C@@H](COP(=O)(O)O[C@H]2[C@H]1O)O[C@H]3n1nnc2c([N+](=O)[O-])cccc21. The van der Waals surface area contributed by atoms with Crippen molar-refractivity contribution in [1.29, 1.82) is 0 Å². The van der Waals surface area contributed by atoms with Gasteiger partial charge in [-0.3, -0.25) is 32.8 Å². The maximum absolute atomic E-state index is 13.2. The summed E-state index contributed by atoms with van der Waals surface area (Å²) >= 11 is 0. The Morgan fingerprint density at radius 1 is 0.935 bits per heavy atom. The molecule has 6 heterocycles. The Morgan fingerprint density at radius 2 is 1.63 bits per heavy atom. The molecule has 46 heavy (non-hydrogen) atoms. The first kappa shape index (κ1) is 31.1. The molecule has 25 heteroatoms. The van der Waals surface area contributed by atoms with E-state index in [0.29, 0.717) is 0 Å². The molecule has 6 N–H and O–H groups in total. The van der Waals surface area contributed by atoms with Gasteiger partial charge in [0.15, 0.2) is 29.4 Å². The molecule has 2 unspecified atom stereocenters. The van der Waals surface area contributed by atoms with Crippen molar-refractivity contribution < 1.29 is 61.6 Å². The van der Waals surface area contributed by atoms with Crippen LogP contribution in [0.2, 0.25) is 0 Å². The van der Waals surface area contributed by atoms with E-state index >= 15 is 0 Å². The number of nitrogen functional groups attached to an aromatic ring is 1. The second kappa shape index (κ2) is 11.3. The Hall–Kier alpha value is -3.57. The molecule has 0 radical (unpaired) electrons. The van der Waals surface area contributed by atoms with Crippen molar-refractivity contribution in [3.63, 3.8) is 0 Å². The van der Waals surface area contributed by atoms with E-state index in [1.54, 1.807) is 0 Å². The zero-order valence-electron chi connectivity index (χ0n) is 22.8. The predicted molar refractivity (Wildman–Crippen MR) is 145 cm³/mol. The van der Waals surface area contributed by atoms with Gasteiger partial charge in [0.1, 0.15) is 48.5 Å². The highest BCUT2D eigenvalue weighted by molar-refractivity contribution is 7.47. The molecule has 3 aliphatic rings. The van der Waals surface area contributed by atoms with Crippen molar-refractivity contribution in [3.05, 3.63) is 41.0 Å². The van der Waals surface area contributed by atoms with Crippen LogP contribution in [-0.2, 0) is 36.7 Å². The summed E-state index contributed by atoms with van der Waals surface area (Å²) < 4.78 is 60.9. The second-order valence-electron chi connectivity index (χ2n) is 10.3. The number of nitrogens with zero attached hydrogens (tertiary/aromatic N) is 8. The van der Waals surface area contributed by atoms with Gasteiger partial charge in [-0.25, -0.2) is 28.8 Å². The lowest BCUT2D eigenvalue weighted by molar-refractivity contribution is -0.383. The van der Waals surface area contributed by atoms with Gasteiger partial charge in [0.25, 0.3) is 5.69 Å². The molecular weight excluding hydrogens is 664 g/mol. The van der Waals surface area contributed by atoms with Crippen molar-refractivity contribution >= 4 is 49.3 Å². The van der Waals surface area contributed by atoms with Crippen molar-refractivity contribution in [1.82, 2.24) is 34.5 Å². The number of benzene rings is 1. The van der Waals surface area contributed by atoms with E-state index in [-0.39, 0.29) is 28.0 Å². The zero-order chi connectivity index (χ0) is 32.5. The summed E-state index contributed by atoms with van der Waals surface area (Å²) in [7, 11) is -10.2. The predicted octanol–water partition coefficient (Wildman–Crippen LogP) is -0.704. The molecule has 3 fully saturated rings. The molecule has 0 spiro atoms. The molecule has 7 rings (SSSR count). The molecule has 0 amide bonds. The number of non-ortho nitro benzene ring substituents is 1. The van der Waals surface area contributed by atoms with E-state index < -0.39 is 88.5 Å². The quantitative estimate of drug-likeness (QED) is 0.101. The van der Waals surface area contributed by atoms with Crippen LogP contribution in [0.15, 0.2) is 30.9 Å². The number of aromatic nitrogens is 7. The van der Waals surface area contributed by atoms with Crippen molar-refractivity contribution in [2.75, 3.05) is 18.9 Å². The monoisotopic (exact) mass is 687 g/mol. The van der Waals surface area contributed by atoms with Gasteiger partial charge in [0.2, 0.25) is 0 Å². The number of aliphatic hydroxyl groups excluding tert-OH is 2. The lowest BCUT2D eigenvalue weighted by atomic mass is 10.1. The number of aliphatic hydroxyl groups is 2. The van der Waals surface area contributed by atoms with E-state index in [0.717, 1.165) is 11.0 Å². The van der Waals surface area contributed by atoms with Gasteiger partial charge in [-0.05, 0) is 6.07 Å². The third kappa shape index (κ3) is 5.35. The standard InChI is InChI=1S/C21H23N9O14P2/c22-18-13-19(24-6-23-18)28(7-25-13)20-15(32)16-11(42-20)5-40-46(37,38)44-17-14(31)10(4-39-45(35,36)43-16)41-21(17)29-8-2-1-3-9(30(33)34)12(8)26-27-29/h1-3,6-7,10-11,14-17,20-21,31-32H,4-5H2,(H,35,36)(H,37,38)(H2,22,23,24)/t10-,11-,14-,15-,16-,17-,20-,21-/m1/s1. The van der Waals surface area contributed by atoms with E-state index in [1.165, 1.54) is 29.1 Å². The molecule has 246 valence electrons. The molecule has 1 aromatic carbocycles. The van der Waals surface area contributed by atoms with Crippen LogP contribution in [0.25, 0.3) is 22.2 Å². The highest BCUT2D eigenvalue weighted by Crippen LogP contribution is 2.53. The fourth-order valence-corrected chi connectivity index (χ4v) is 7.32. The lowest BCUT2D eigenvalue weighted by Crippen LogP contribution is -2.36. The summed E-state index contributed by atoms with van der Waals surface area (Å²) in [5.41, 5.74) is 5.60. The summed E-state index contributed by atoms with van der Waals surface area (Å²) in [5.74, 6) is 0.0273. The van der Waals surface area contributed by atoms with Crippen molar-refractivity contribution in [2.45, 2.75) is 49.1 Å². The van der Waals surface area contributed by atoms with Gasteiger partial charge in [0.05, 0.1) is 30.0 Å². The van der Waals surface area contributed by atoms with Crippen molar-refractivity contribution in [3.8, 4) is 0 Å². The molecule has 3 aromatic heterocycles. The number of imidazole rings is 1. The average molecular weight is 687 g/mol. The number of anilines is 1. The number of fused-ring (bicyclic) bond motifs is 5. The third-order valence-electron chi connectivity index (χ3n) is 7.52. The summed E-state index contributed by atoms with van der Waals surface area (Å²) in [6.07, 6.45) is -10.5. The van der Waals surface area contributed by atoms with E-state index in [2.05, 4.69) is 25.3 Å². The molecular formula is C21H23N9O14P2. The molecule has 2 bridgehead atoms. The number of phosphoric acid groups is 2. The zero-order valence-corrected chi connectivity index (χ0v) is 24.6. The molecule has 3 aliphatic heterocycles. The Morgan fingerprint density at radius 3 is 2.37 bits per heavy atom. The Labute approximate surface area is 254 Å². The topological polar surface area (TPSA) is 314 Å². The lowest BCUT2D eigenvalue weighted by Gasteiger charge is -2.25. The fourth-order valence-electron chi connectivity index (χ4n) is 5.42. The first-order valence-electron chi connectivity index (χ1n) is 13.2. The number of rotatable bonds is 3. The fraction of sp³-hybridized carbons (Fsp3) is 0.476. The number of nitro groups is 1. The molecule has 3 saturated heterocycles. The van der Waals surface area contributed by atoms with Gasteiger partial charge in [-0.1, -0.05) is 11.3 Å². The Kier molecular flexibility index (Phi) is 7.62. The van der Waals surface area contributed by atoms with E-state index in [9.17, 15) is 39.2 Å². The maximum atomic E-state index is 13.2. The molecule has 10 atom stereocenters. The minimum atomic E-state index is -5.14. The number of hydrogen-bond acceptors (Lipinski definition) is 18. The average Bonchev–Trinajstić information content (AvgIpc) is 3.76. The Bertz CT molecular complexity index is 1920. The Balaban J connectivity index is 1.20. The smallest absolute Gasteiger partial charge is 0.387 e. The van der Waals surface area contributed by atoms with Crippen LogP contribution in [0.1, 0.15) is 12.5 Å². The van der Waals surface area contributed by atoms with E-state index in [4.69, 9.17) is 33.3 Å². The first-order valence-corrected chi connectivity index (χ1v) is 16.2. The summed E-state index contributed by atoms with van der Waals surface area (Å²) in [6, 6.07) is 3.91. The highest BCUT2D eigenvalue weighted by atomic mass is 31.2. The van der Waals surface area contributed by atoms with Crippen LogP contribution < -0.4 is 5.73 Å². The van der Waals surface area contributed by atoms with Gasteiger partial charge < -0.3 is 35.2 Å². The van der Waals surface area contributed by atoms with Crippen LogP contribution in [-0.4, -0.2) is 109 Å². The third-order valence-corrected chi connectivity index (χ3v) is 9.49. The number of phosphoric ester groups is 2. The minimum Gasteiger partial charge on any atom is -0.387 e. The van der Waals surface area contributed by atoms with Gasteiger partial charge in [-0.15, -0.1) is 5.10 Å². The summed E-state index contributed by atoms with van der Waals surface area (Å²) in [4.78, 5) is 44.1. The van der Waals surface area contributed by atoms with Gasteiger partial charge in [-0.2, -0.15) is 0 Å². The summed E-state index contributed by atoms with van der Waals surface area (Å²) in [6.45, 7) is -1.69. The second-order valence-corrected chi connectivity index (χ2v) is 13.1. The van der Waals surface area contributed by atoms with Gasteiger partial charge >= 0.3 is 15.6 Å². The maximum Gasteiger partial charge on any atom is 0.472 e. The minimum absolute atomic E-state index is 0.0273.